The zero-order valence-corrected chi connectivity index (χ0v) is 23.5. The lowest BCUT2D eigenvalue weighted by atomic mass is 9.84. The van der Waals surface area contributed by atoms with Crippen LogP contribution in [0.4, 0.5) is 4.39 Å². The summed E-state index contributed by atoms with van der Waals surface area (Å²) in [5, 5.41) is 8.62. The van der Waals surface area contributed by atoms with Crippen molar-refractivity contribution in [1.29, 1.82) is 5.41 Å². The summed E-state index contributed by atoms with van der Waals surface area (Å²) < 4.78 is 38.0. The minimum absolute atomic E-state index is 0.0259. The quantitative estimate of drug-likeness (QED) is 0.280. The van der Waals surface area contributed by atoms with Crippen molar-refractivity contribution in [1.82, 2.24) is 4.90 Å². The Labute approximate surface area is 228 Å². The number of Topliss-reactive ketones (excluding diaryl/α,β-unsaturated/α-hetero) is 1. The summed E-state index contributed by atoms with van der Waals surface area (Å²) in [4.78, 5) is 26.1. The summed E-state index contributed by atoms with van der Waals surface area (Å²) in [6.07, 6.45) is 0.652. The predicted molar refractivity (Wildman–Crippen MR) is 146 cm³/mol. The predicted octanol–water partition coefficient (Wildman–Crippen LogP) is 4.60. The fraction of sp³-hybridized carbons (Fsp3) is 0.483. The van der Waals surface area contributed by atoms with E-state index in [9.17, 15) is 9.59 Å². The number of hydrogen-bond acceptors (Lipinski definition) is 7. The molecule has 0 fully saturated rings. The highest BCUT2D eigenvalue weighted by atomic mass is 19.1. The first-order valence-corrected chi connectivity index (χ1v) is 13.0. The molecule has 1 heterocycles. The number of ketones is 1. The maximum absolute atomic E-state index is 15.4. The number of rotatable bonds is 13. The Kier molecular flexibility index (Phi) is 9.42. The van der Waals surface area contributed by atoms with Crippen LogP contribution in [0.1, 0.15) is 74.5 Å². The Bertz CT molecular complexity index is 1250. The van der Waals surface area contributed by atoms with Crippen molar-refractivity contribution in [3.05, 3.63) is 46.3 Å². The number of nitrogens with zero attached hydrogens (tertiary/aromatic N) is 1. The van der Waals surface area contributed by atoms with Gasteiger partial charge in [-0.15, -0.1) is 0 Å². The van der Waals surface area contributed by atoms with E-state index in [2.05, 4.69) is 0 Å². The number of carbonyl (C=O) groups excluding carboxylic acids is 2. The Morgan fingerprint density at radius 3 is 2.33 bits per heavy atom. The van der Waals surface area contributed by atoms with Crippen molar-refractivity contribution in [2.45, 2.75) is 59.4 Å². The third-order valence-corrected chi connectivity index (χ3v) is 6.32. The largest absolute Gasteiger partial charge is 0.493 e. The van der Waals surface area contributed by atoms with Crippen molar-refractivity contribution < 1.29 is 32.9 Å². The SMILES string of the molecule is CCOc1cc2c(c(F)c1OCC)C(=N)N(CC(=O)c1cc(OC)c(OCCCC(N)=O)c(C(C)(C)C)c1)C2. The van der Waals surface area contributed by atoms with Gasteiger partial charge in [-0.25, -0.2) is 4.39 Å². The number of nitrogens with two attached hydrogens (primary N) is 1. The fourth-order valence-electron chi connectivity index (χ4n) is 4.46. The number of halogens is 1. The van der Waals surface area contributed by atoms with Crippen LogP contribution in [-0.2, 0) is 16.8 Å². The van der Waals surface area contributed by atoms with E-state index in [4.69, 9.17) is 30.1 Å². The fourth-order valence-corrected chi connectivity index (χ4v) is 4.46. The minimum Gasteiger partial charge on any atom is -0.493 e. The molecular formula is C29H38FN3O6. The highest BCUT2D eigenvalue weighted by Crippen LogP contribution is 2.41. The number of benzene rings is 2. The van der Waals surface area contributed by atoms with Gasteiger partial charge in [-0.3, -0.25) is 15.0 Å². The van der Waals surface area contributed by atoms with Crippen LogP contribution < -0.4 is 24.7 Å². The normalized spacial score (nSPS) is 12.8. The van der Waals surface area contributed by atoms with E-state index in [1.165, 1.54) is 12.0 Å². The third-order valence-electron chi connectivity index (χ3n) is 6.32. The smallest absolute Gasteiger partial charge is 0.217 e. The van der Waals surface area contributed by atoms with Crippen LogP contribution in [0.2, 0.25) is 0 Å². The molecule has 0 atom stereocenters. The summed E-state index contributed by atoms with van der Waals surface area (Å²) in [6.45, 7) is 10.4. The van der Waals surface area contributed by atoms with Crippen LogP contribution in [0, 0.1) is 11.2 Å². The molecular weight excluding hydrogens is 505 g/mol. The van der Waals surface area contributed by atoms with Crippen LogP contribution in [0.3, 0.4) is 0 Å². The van der Waals surface area contributed by atoms with Gasteiger partial charge in [0.25, 0.3) is 0 Å². The molecule has 0 saturated carbocycles. The Morgan fingerprint density at radius 2 is 1.74 bits per heavy atom. The van der Waals surface area contributed by atoms with Crippen LogP contribution in [0.25, 0.3) is 0 Å². The van der Waals surface area contributed by atoms with E-state index < -0.39 is 17.1 Å². The number of amidine groups is 1. The van der Waals surface area contributed by atoms with Gasteiger partial charge in [-0.1, -0.05) is 20.8 Å². The monoisotopic (exact) mass is 543 g/mol. The molecule has 9 nitrogen and oxygen atoms in total. The highest BCUT2D eigenvalue weighted by Gasteiger charge is 2.33. The van der Waals surface area contributed by atoms with Crippen molar-refractivity contribution in [3.63, 3.8) is 0 Å². The molecule has 39 heavy (non-hydrogen) atoms. The van der Waals surface area contributed by atoms with E-state index in [1.54, 1.807) is 32.0 Å². The second kappa shape index (κ2) is 12.4. The summed E-state index contributed by atoms with van der Waals surface area (Å²) in [5.41, 5.74) is 6.65. The molecule has 1 aliphatic rings. The average molecular weight is 544 g/mol. The van der Waals surface area contributed by atoms with Crippen molar-refractivity contribution in [3.8, 4) is 23.0 Å². The maximum Gasteiger partial charge on any atom is 0.217 e. The summed E-state index contributed by atoms with van der Waals surface area (Å²) >= 11 is 0. The Hall–Kier alpha value is -3.82. The molecule has 0 saturated heterocycles. The molecule has 0 aliphatic carbocycles. The number of methoxy groups -OCH3 is 1. The van der Waals surface area contributed by atoms with E-state index >= 15 is 4.39 Å². The van der Waals surface area contributed by atoms with Gasteiger partial charge in [0.15, 0.2) is 34.6 Å². The van der Waals surface area contributed by atoms with E-state index in [1.807, 2.05) is 20.8 Å². The molecule has 10 heteroatoms. The number of primary amides is 1. The molecule has 0 aromatic heterocycles. The molecule has 212 valence electrons. The average Bonchev–Trinajstić information content (AvgIpc) is 3.17. The first-order valence-electron chi connectivity index (χ1n) is 13.0. The molecule has 0 bridgehead atoms. The van der Waals surface area contributed by atoms with Gasteiger partial charge in [-0.2, -0.15) is 0 Å². The molecule has 3 N–H and O–H groups in total. The zero-order valence-electron chi connectivity index (χ0n) is 23.5. The van der Waals surface area contributed by atoms with E-state index in [-0.39, 0.29) is 61.4 Å². The maximum atomic E-state index is 15.4. The number of amides is 1. The molecule has 1 aliphatic heterocycles. The Balaban J connectivity index is 1.89. The molecule has 3 rings (SSSR count). The van der Waals surface area contributed by atoms with Gasteiger partial charge in [0.1, 0.15) is 5.84 Å². The highest BCUT2D eigenvalue weighted by molar-refractivity contribution is 6.06. The lowest BCUT2D eigenvalue weighted by Gasteiger charge is -2.26. The van der Waals surface area contributed by atoms with Gasteiger partial charge < -0.3 is 29.6 Å². The van der Waals surface area contributed by atoms with Crippen molar-refractivity contribution in [2.75, 3.05) is 33.5 Å². The minimum atomic E-state index is -0.660. The van der Waals surface area contributed by atoms with Gasteiger partial charge in [0, 0.05) is 24.1 Å². The summed E-state index contributed by atoms with van der Waals surface area (Å²) in [5.74, 6) is -0.263. The molecule has 2 aromatic rings. The molecule has 0 unspecified atom stereocenters. The second-order valence-electron chi connectivity index (χ2n) is 10.3. The standard InChI is InChI=1S/C29H38FN3O6/c1-7-37-22-14-18-15-33(28(32)24(18)25(30)27(22)38-8-2)16-20(34)17-12-19(29(3,4)5)26(21(13-17)36-6)39-11-9-10-23(31)35/h12-14,32H,7-11,15-16H2,1-6H3,(H2,31,35). The topological polar surface area (TPSA) is 124 Å². The van der Waals surface area contributed by atoms with Gasteiger partial charge >= 0.3 is 0 Å². The van der Waals surface area contributed by atoms with Crippen LogP contribution >= 0.6 is 0 Å². The van der Waals surface area contributed by atoms with Gasteiger partial charge in [-0.05, 0) is 49.4 Å². The number of ether oxygens (including phenoxy) is 4. The summed E-state index contributed by atoms with van der Waals surface area (Å²) in [7, 11) is 1.49. The van der Waals surface area contributed by atoms with Gasteiger partial charge in [0.2, 0.25) is 5.91 Å². The number of carbonyl (C=O) groups is 2. The lowest BCUT2D eigenvalue weighted by Crippen LogP contribution is -2.30. The number of hydrogen-bond donors (Lipinski definition) is 2. The van der Waals surface area contributed by atoms with Crippen molar-refractivity contribution >= 4 is 17.5 Å². The van der Waals surface area contributed by atoms with Crippen LogP contribution in [0.15, 0.2) is 18.2 Å². The Morgan fingerprint density at radius 1 is 1.05 bits per heavy atom. The van der Waals surface area contributed by atoms with Crippen LogP contribution in [-0.4, -0.2) is 55.9 Å². The zero-order chi connectivity index (χ0) is 28.9. The molecule has 0 radical (unpaired) electrons. The van der Waals surface area contributed by atoms with Gasteiger partial charge in [0.05, 0.1) is 39.0 Å². The second-order valence-corrected chi connectivity index (χ2v) is 10.3. The number of fused-ring (bicyclic) bond motifs is 1. The third kappa shape index (κ3) is 6.61. The summed E-state index contributed by atoms with van der Waals surface area (Å²) in [6, 6.07) is 5.05. The van der Waals surface area contributed by atoms with Crippen molar-refractivity contribution in [2.24, 2.45) is 5.73 Å². The molecule has 1 amide bonds. The lowest BCUT2D eigenvalue weighted by molar-refractivity contribution is -0.118. The molecule has 0 spiro atoms. The first-order chi connectivity index (χ1) is 18.4. The van der Waals surface area contributed by atoms with E-state index in [0.717, 1.165) is 5.56 Å². The first kappa shape index (κ1) is 29.7. The molecule has 2 aromatic carbocycles. The van der Waals surface area contributed by atoms with Crippen LogP contribution in [0.5, 0.6) is 23.0 Å². The number of nitrogens with one attached hydrogen (secondary N) is 1. The van der Waals surface area contributed by atoms with E-state index in [0.29, 0.717) is 35.7 Å².